The zero-order valence-corrected chi connectivity index (χ0v) is 91.1. The third-order valence-corrected chi connectivity index (χ3v) is 26.6. The van der Waals surface area contributed by atoms with Crippen LogP contribution in [0.2, 0.25) is 0 Å². The van der Waals surface area contributed by atoms with E-state index in [2.05, 4.69) is 378 Å². The number of fused-ring (bicyclic) bond motifs is 5. The molecule has 5 radical (unpaired) electrons. The fourth-order valence-electron chi connectivity index (χ4n) is 16.7. The molecule has 0 aliphatic carbocycles. The molecular weight excluding hydrogens is 2670 g/mol. The van der Waals surface area contributed by atoms with Crippen LogP contribution in [0.1, 0.15) is 89.6 Å². The molecule has 687 valence electrons. The van der Waals surface area contributed by atoms with Crippen molar-refractivity contribution in [3.8, 4) is 119 Å². The molecule has 0 aliphatic rings. The average Bonchev–Trinajstić information content (AvgIpc) is 1.41. The van der Waals surface area contributed by atoms with E-state index < -0.39 is 0 Å². The molecular formula is C106H83Ir5N20S5-5. The number of para-hydroxylation sites is 3. The number of benzene rings is 13. The van der Waals surface area contributed by atoms with E-state index in [9.17, 15) is 0 Å². The summed E-state index contributed by atoms with van der Waals surface area (Å²) in [6, 6.07) is 95.8. The van der Waals surface area contributed by atoms with Crippen molar-refractivity contribution in [1.82, 2.24) is 98.7 Å². The van der Waals surface area contributed by atoms with Crippen molar-refractivity contribution in [1.29, 1.82) is 0 Å². The number of aryl methyl sites for hydroxylation is 7. The molecule has 10 aromatic heterocycles. The maximum Gasteiger partial charge on any atom is 0.115 e. The van der Waals surface area contributed by atoms with E-state index in [1.54, 1.807) is 82.0 Å². The van der Waals surface area contributed by atoms with Gasteiger partial charge in [-0.3, -0.25) is 24.9 Å². The van der Waals surface area contributed by atoms with Gasteiger partial charge in [0.1, 0.15) is 31.6 Å². The van der Waals surface area contributed by atoms with Crippen LogP contribution in [0.5, 0.6) is 0 Å². The van der Waals surface area contributed by atoms with Crippen LogP contribution >= 0.6 is 56.7 Å². The van der Waals surface area contributed by atoms with Crippen molar-refractivity contribution in [2.75, 3.05) is 0 Å². The molecule has 30 heteroatoms. The Morgan fingerprint density at radius 2 is 0.507 bits per heavy atom. The van der Waals surface area contributed by atoms with E-state index in [0.717, 1.165) is 153 Å². The molecule has 23 rings (SSSR count). The van der Waals surface area contributed by atoms with Crippen LogP contribution in [0, 0.1) is 78.8 Å². The van der Waals surface area contributed by atoms with Gasteiger partial charge in [-0.15, -0.1) is 201 Å². The minimum atomic E-state index is 0. The van der Waals surface area contributed by atoms with E-state index in [-0.39, 0.29) is 101 Å². The molecule has 0 N–H and O–H groups in total. The van der Waals surface area contributed by atoms with Crippen LogP contribution in [-0.4, -0.2) is 98.7 Å². The number of nitrogens with zero attached hydrogens (tertiary/aromatic N) is 20. The predicted molar refractivity (Wildman–Crippen MR) is 532 cm³/mol. The molecule has 0 saturated carbocycles. The molecule has 0 aliphatic heterocycles. The summed E-state index contributed by atoms with van der Waals surface area (Å²) in [5.41, 5.74) is 42.2. The van der Waals surface area contributed by atoms with Crippen molar-refractivity contribution < 1.29 is 101 Å². The number of hydrogen-bond acceptors (Lipinski definition) is 20. The van der Waals surface area contributed by atoms with E-state index in [4.69, 9.17) is 0 Å². The van der Waals surface area contributed by atoms with Gasteiger partial charge in [-0.25, -0.2) is 0 Å². The molecule has 0 bridgehead atoms. The Balaban J connectivity index is 0.000000136. The van der Waals surface area contributed by atoms with Gasteiger partial charge in [-0.05, 0) is 190 Å². The molecule has 23 aromatic rings. The van der Waals surface area contributed by atoms with Gasteiger partial charge in [0, 0.05) is 134 Å². The van der Waals surface area contributed by atoms with E-state index in [1.807, 2.05) is 91.5 Å². The fraction of sp³-hybridized carbons (Fsp3) is 0.123. The minimum absolute atomic E-state index is 0. The van der Waals surface area contributed by atoms with Crippen LogP contribution in [0.15, 0.2) is 290 Å². The Hall–Kier alpha value is -11.7. The number of rotatable bonds is 15. The van der Waals surface area contributed by atoms with Crippen molar-refractivity contribution in [3.63, 3.8) is 0 Å². The third kappa shape index (κ3) is 21.2. The molecule has 0 unspecified atom stereocenters. The number of aromatic nitrogens is 20. The first-order valence-electron chi connectivity index (χ1n) is 42.5. The van der Waals surface area contributed by atoms with Gasteiger partial charge in [0.2, 0.25) is 0 Å². The van der Waals surface area contributed by atoms with Crippen molar-refractivity contribution in [2.45, 2.75) is 88.0 Å². The first-order chi connectivity index (χ1) is 64.0. The first kappa shape index (κ1) is 100. The topological polar surface area (TPSA) is 218 Å². The SMILES string of the molecule is CC(C)c1cccc(C(C)C)c1-n1cnnc1-c1[c-]cc2ncsc2c1.Cc1cc(-c2ccccc2)cc(C)c1-n1cnnc1-c1[c-]cc2ncsc2c1.Cc1cc(C)c(-n2cnnc2-c2[c-]cc3ncsc3c2)c(C)c1.Cc1cccc(C)c1-n1cnnc1-c1[c-]cc2ncsc2c1.[Ir].[Ir].[Ir].[Ir].[Ir].[c-]1cc2ncsc2cc1-c1nncn1-c1c(-c2ccccc2)cccc1-c1ccccc1. The first-order valence-corrected chi connectivity index (χ1v) is 46.9. The zero-order valence-electron chi connectivity index (χ0n) is 75.0. The number of hydrogen-bond donors (Lipinski definition) is 0. The van der Waals surface area contributed by atoms with E-state index >= 15 is 0 Å². The molecule has 20 nitrogen and oxygen atoms in total. The molecule has 0 fully saturated rings. The largest absolute Gasteiger partial charge is 0.322 e. The molecule has 0 atom stereocenters. The summed E-state index contributed by atoms with van der Waals surface area (Å²) in [5, 5.41) is 42.9. The Morgan fingerprint density at radius 3 is 0.809 bits per heavy atom. The molecule has 10 heterocycles. The van der Waals surface area contributed by atoms with E-state index in [1.165, 1.54) is 66.9 Å². The van der Waals surface area contributed by atoms with Crippen molar-refractivity contribution in [2.24, 2.45) is 0 Å². The van der Waals surface area contributed by atoms with Crippen LogP contribution in [0.3, 0.4) is 0 Å². The molecule has 0 saturated heterocycles. The van der Waals surface area contributed by atoms with Gasteiger partial charge < -0.3 is 22.8 Å². The summed E-state index contributed by atoms with van der Waals surface area (Å²) in [6.07, 6.45) is 8.90. The summed E-state index contributed by atoms with van der Waals surface area (Å²) < 4.78 is 15.9. The van der Waals surface area contributed by atoms with Gasteiger partial charge in [-0.1, -0.05) is 191 Å². The van der Waals surface area contributed by atoms with Crippen LogP contribution in [0.25, 0.3) is 170 Å². The second kappa shape index (κ2) is 45.0. The maximum atomic E-state index is 4.49. The van der Waals surface area contributed by atoms with Crippen LogP contribution in [-0.2, 0) is 101 Å². The minimum Gasteiger partial charge on any atom is -0.322 e. The normalized spacial score (nSPS) is 10.9. The predicted octanol–water partition coefficient (Wildman–Crippen LogP) is 26.1. The number of thiazole rings is 5. The van der Waals surface area contributed by atoms with Gasteiger partial charge in [0.05, 0.1) is 62.4 Å². The van der Waals surface area contributed by atoms with Crippen molar-refractivity contribution in [3.05, 3.63) is 370 Å². The summed E-state index contributed by atoms with van der Waals surface area (Å²) in [6.45, 7) is 23.7. The van der Waals surface area contributed by atoms with E-state index in [0.29, 0.717) is 11.8 Å². The monoisotopic (exact) mass is 2760 g/mol. The molecule has 0 spiro atoms. The summed E-state index contributed by atoms with van der Waals surface area (Å²) in [4.78, 5) is 21.6. The van der Waals surface area contributed by atoms with Crippen molar-refractivity contribution >= 4 is 108 Å². The standard InChI is InChI=1S/C27H17N4S.C23H17N4S.C21H21N4S.C18H15N4S.C17H13N4S.5Ir/c1-3-8-19(9-4-1)22-12-7-13-23(20-10-5-2-6-11-20)26(22)31-17-29-30-27(31)21-14-15-24-25(16-21)32-18-28-24;1-15-10-19(17-6-4-3-5-7-17)11-16(2)22(15)27-13-25-26-23(27)18-8-9-20-21(12-18)28-14-24-20;1-13(2)16-6-5-7-17(14(3)4)20(16)25-11-23-24-21(25)15-8-9-18-19(10-15)26-12-22-18;1-11-6-12(2)17(13(3)7-11)22-9-20-21-18(22)14-4-5-15-16(8-14)23-10-19-15;1-11-4-3-5-12(2)16(11)21-9-19-20-17(21)13-6-7-14-15(8-13)22-10-18-14;;;;;/h1-13,15-18H;3-7,9-14H,1-2H3;5-7,9-14H,1-4H3;5-10H,1-3H3;3-5,7-10H,1-2H3;;;;;/q5*-1;;;;;. The third-order valence-electron chi connectivity index (χ3n) is 22.7. The second-order valence-corrected chi connectivity index (χ2v) is 36.6. The molecule has 136 heavy (non-hydrogen) atoms. The van der Waals surface area contributed by atoms with Gasteiger partial charge in [-0.2, -0.15) is 25.5 Å². The summed E-state index contributed by atoms with van der Waals surface area (Å²) >= 11 is 8.10. The van der Waals surface area contributed by atoms with Crippen LogP contribution in [0.4, 0.5) is 0 Å². The quantitative estimate of drug-likeness (QED) is 0.0872. The Labute approximate surface area is 874 Å². The Bertz CT molecular complexity index is 7880. The van der Waals surface area contributed by atoms with Gasteiger partial charge in [0.15, 0.2) is 0 Å². The average molecular weight is 2760 g/mol. The summed E-state index contributed by atoms with van der Waals surface area (Å²) in [5.74, 6) is 4.77. The maximum absolute atomic E-state index is 4.49. The smallest absolute Gasteiger partial charge is 0.115 e. The van der Waals surface area contributed by atoms with Crippen LogP contribution < -0.4 is 0 Å². The zero-order chi connectivity index (χ0) is 89.8. The molecule has 0 amide bonds. The van der Waals surface area contributed by atoms with Gasteiger partial charge in [0.25, 0.3) is 0 Å². The second-order valence-electron chi connectivity index (χ2n) is 32.2. The summed E-state index contributed by atoms with van der Waals surface area (Å²) in [7, 11) is 0. The Morgan fingerprint density at radius 1 is 0.250 bits per heavy atom. The fourth-order valence-corrected chi connectivity index (χ4v) is 20.2. The molecule has 13 aromatic carbocycles. The van der Waals surface area contributed by atoms with Gasteiger partial charge >= 0.3 is 0 Å². The Kier molecular flexibility index (Phi) is 33.2.